The molecule has 1 aliphatic rings. The van der Waals surface area contributed by atoms with Crippen molar-refractivity contribution < 1.29 is 22.7 Å². The third-order valence-electron chi connectivity index (χ3n) is 4.67. The molecule has 0 spiro atoms. The Morgan fingerprint density at radius 2 is 1.96 bits per heavy atom. The number of sulfonamides is 1. The fraction of sp³-hybridized carbons (Fsp3) is 0.556. The fourth-order valence-electron chi connectivity index (χ4n) is 3.12. The van der Waals surface area contributed by atoms with Crippen molar-refractivity contribution in [1.82, 2.24) is 9.62 Å². The molecular formula is C18H27N3O5S. The number of rotatable bonds is 7. The standard InChI is InChI=1S/C18H27N3O5S/c1-4-26-16-6-5-15(11-12(16)2)27(24,25)20-13(3)18(23)21-9-7-14(8-10-21)17(19)22/h5-6,11,13-14,20H,4,7-10H2,1-3H3,(H2,19,22)/t13-/m0/s1. The van der Waals surface area contributed by atoms with Crippen LogP contribution in [-0.4, -0.2) is 50.9 Å². The molecule has 1 heterocycles. The molecular weight excluding hydrogens is 370 g/mol. The average Bonchev–Trinajstić information content (AvgIpc) is 2.62. The number of carbonyl (C=O) groups excluding carboxylic acids is 2. The number of hydrogen-bond acceptors (Lipinski definition) is 5. The lowest BCUT2D eigenvalue weighted by Gasteiger charge is -2.32. The highest BCUT2D eigenvalue weighted by molar-refractivity contribution is 7.89. The highest BCUT2D eigenvalue weighted by Crippen LogP contribution is 2.22. The van der Waals surface area contributed by atoms with Gasteiger partial charge < -0.3 is 15.4 Å². The summed E-state index contributed by atoms with van der Waals surface area (Å²) in [6.45, 7) is 6.40. The molecule has 2 amide bonds. The van der Waals surface area contributed by atoms with Crippen LogP contribution in [0.3, 0.4) is 0 Å². The molecule has 2 rings (SSSR count). The maximum Gasteiger partial charge on any atom is 0.241 e. The van der Waals surface area contributed by atoms with E-state index in [0.29, 0.717) is 43.9 Å². The van der Waals surface area contributed by atoms with Gasteiger partial charge in [-0.15, -0.1) is 0 Å². The first-order chi connectivity index (χ1) is 12.7. The number of likely N-dealkylation sites (tertiary alicyclic amines) is 1. The summed E-state index contributed by atoms with van der Waals surface area (Å²) in [6.07, 6.45) is 0.997. The quantitative estimate of drug-likeness (QED) is 0.705. The lowest BCUT2D eigenvalue weighted by Crippen LogP contribution is -2.50. The van der Waals surface area contributed by atoms with E-state index >= 15 is 0 Å². The SMILES string of the molecule is CCOc1ccc(S(=O)(=O)N[C@@H](C)C(=O)N2CCC(C(N)=O)CC2)cc1C. The molecule has 0 bridgehead atoms. The highest BCUT2D eigenvalue weighted by Gasteiger charge is 2.30. The maximum absolute atomic E-state index is 12.6. The lowest BCUT2D eigenvalue weighted by molar-refractivity contribution is -0.136. The van der Waals surface area contributed by atoms with Crippen LogP contribution in [0.5, 0.6) is 5.75 Å². The first-order valence-electron chi connectivity index (χ1n) is 8.99. The summed E-state index contributed by atoms with van der Waals surface area (Å²) in [5, 5.41) is 0. The van der Waals surface area contributed by atoms with Crippen molar-refractivity contribution in [1.29, 1.82) is 0 Å². The Morgan fingerprint density at radius 3 is 2.48 bits per heavy atom. The van der Waals surface area contributed by atoms with Gasteiger partial charge in [0.15, 0.2) is 0 Å². The van der Waals surface area contributed by atoms with E-state index in [1.807, 2.05) is 6.92 Å². The predicted octanol–water partition coefficient (Wildman–Crippen LogP) is 0.784. The van der Waals surface area contributed by atoms with Crippen molar-refractivity contribution in [3.63, 3.8) is 0 Å². The van der Waals surface area contributed by atoms with E-state index in [1.54, 1.807) is 17.9 Å². The molecule has 0 unspecified atom stereocenters. The number of amides is 2. The molecule has 27 heavy (non-hydrogen) atoms. The van der Waals surface area contributed by atoms with Crippen molar-refractivity contribution in [3.8, 4) is 5.75 Å². The minimum Gasteiger partial charge on any atom is -0.494 e. The second kappa shape index (κ2) is 8.71. The van der Waals surface area contributed by atoms with Crippen molar-refractivity contribution in [3.05, 3.63) is 23.8 Å². The van der Waals surface area contributed by atoms with Crippen LogP contribution in [0.1, 0.15) is 32.3 Å². The number of nitrogens with one attached hydrogen (secondary N) is 1. The number of piperidine rings is 1. The van der Waals surface area contributed by atoms with Gasteiger partial charge in [0.1, 0.15) is 5.75 Å². The number of benzene rings is 1. The topological polar surface area (TPSA) is 119 Å². The lowest BCUT2D eigenvalue weighted by atomic mass is 9.96. The first-order valence-corrected chi connectivity index (χ1v) is 10.5. The Labute approximate surface area is 160 Å². The van der Waals surface area contributed by atoms with Gasteiger partial charge in [0, 0.05) is 19.0 Å². The minimum absolute atomic E-state index is 0.0792. The van der Waals surface area contributed by atoms with Gasteiger partial charge >= 0.3 is 0 Å². The molecule has 1 fully saturated rings. The Morgan fingerprint density at radius 1 is 1.33 bits per heavy atom. The van der Waals surface area contributed by atoms with Crippen molar-refractivity contribution >= 4 is 21.8 Å². The molecule has 0 saturated carbocycles. The molecule has 9 heteroatoms. The summed E-state index contributed by atoms with van der Waals surface area (Å²) in [7, 11) is -3.85. The van der Waals surface area contributed by atoms with Crippen LogP contribution in [0.4, 0.5) is 0 Å². The summed E-state index contributed by atoms with van der Waals surface area (Å²) < 4.78 is 33.1. The normalized spacial score (nSPS) is 16.8. The van der Waals surface area contributed by atoms with Crippen molar-refractivity contribution in [2.45, 2.75) is 44.6 Å². The zero-order chi connectivity index (χ0) is 20.2. The van der Waals surface area contributed by atoms with Crippen molar-refractivity contribution in [2.24, 2.45) is 11.7 Å². The molecule has 1 atom stereocenters. The van der Waals surface area contributed by atoms with Gasteiger partial charge in [-0.1, -0.05) is 0 Å². The Balaban J connectivity index is 2.03. The Bertz CT molecular complexity index is 801. The molecule has 3 N–H and O–H groups in total. The van der Waals surface area contributed by atoms with E-state index in [9.17, 15) is 18.0 Å². The molecule has 0 radical (unpaired) electrons. The number of aryl methyl sites for hydroxylation is 1. The van der Waals surface area contributed by atoms with E-state index in [0.717, 1.165) is 0 Å². The van der Waals surface area contributed by atoms with Crippen LogP contribution in [0.25, 0.3) is 0 Å². The van der Waals surface area contributed by atoms with E-state index in [-0.39, 0.29) is 22.6 Å². The van der Waals surface area contributed by atoms with E-state index in [2.05, 4.69) is 4.72 Å². The zero-order valence-corrected chi connectivity index (χ0v) is 16.7. The largest absolute Gasteiger partial charge is 0.494 e. The number of nitrogens with two attached hydrogens (primary N) is 1. The molecule has 0 aliphatic carbocycles. The molecule has 150 valence electrons. The summed E-state index contributed by atoms with van der Waals surface area (Å²) in [6, 6.07) is 3.67. The minimum atomic E-state index is -3.85. The Hall–Kier alpha value is -2.13. The van der Waals surface area contributed by atoms with Crippen LogP contribution in [-0.2, 0) is 19.6 Å². The zero-order valence-electron chi connectivity index (χ0n) is 15.9. The van der Waals surface area contributed by atoms with Gasteiger partial charge in [0.05, 0.1) is 17.5 Å². The summed E-state index contributed by atoms with van der Waals surface area (Å²) in [5.41, 5.74) is 6.00. The molecule has 1 aromatic carbocycles. The smallest absolute Gasteiger partial charge is 0.241 e. The average molecular weight is 397 g/mol. The van der Waals surface area contributed by atoms with Gasteiger partial charge in [-0.25, -0.2) is 8.42 Å². The summed E-state index contributed by atoms with van der Waals surface area (Å²) in [5.74, 6) is -0.281. The predicted molar refractivity (Wildman–Crippen MR) is 101 cm³/mol. The molecule has 1 aliphatic heterocycles. The third kappa shape index (κ3) is 5.20. The van der Waals surface area contributed by atoms with Crippen molar-refractivity contribution in [2.75, 3.05) is 19.7 Å². The molecule has 8 nitrogen and oxygen atoms in total. The highest BCUT2D eigenvalue weighted by atomic mass is 32.2. The van der Waals surface area contributed by atoms with Crippen LogP contribution in [0.15, 0.2) is 23.1 Å². The van der Waals surface area contributed by atoms with Crippen LogP contribution >= 0.6 is 0 Å². The second-order valence-corrected chi connectivity index (χ2v) is 8.42. The van der Waals surface area contributed by atoms with E-state index < -0.39 is 16.1 Å². The number of primary amides is 1. The van der Waals surface area contributed by atoms with Gasteiger partial charge in [-0.3, -0.25) is 9.59 Å². The number of hydrogen-bond donors (Lipinski definition) is 2. The molecule has 1 saturated heterocycles. The van der Waals surface area contributed by atoms with Crippen LogP contribution in [0, 0.1) is 12.8 Å². The van der Waals surface area contributed by atoms with Gasteiger partial charge in [0.25, 0.3) is 0 Å². The number of ether oxygens (including phenoxy) is 1. The third-order valence-corrected chi connectivity index (χ3v) is 6.21. The monoisotopic (exact) mass is 397 g/mol. The molecule has 0 aromatic heterocycles. The number of nitrogens with zero attached hydrogens (tertiary/aromatic N) is 1. The fourth-order valence-corrected chi connectivity index (χ4v) is 4.40. The van der Waals surface area contributed by atoms with Crippen LogP contribution in [0.2, 0.25) is 0 Å². The van der Waals surface area contributed by atoms with Gasteiger partial charge in [0.2, 0.25) is 21.8 Å². The summed E-state index contributed by atoms with van der Waals surface area (Å²) >= 11 is 0. The second-order valence-electron chi connectivity index (χ2n) is 6.71. The maximum atomic E-state index is 12.6. The molecule has 1 aromatic rings. The number of carbonyl (C=O) groups is 2. The Kier molecular flexibility index (Phi) is 6.83. The first kappa shape index (κ1) is 21.2. The van der Waals surface area contributed by atoms with Gasteiger partial charge in [-0.2, -0.15) is 4.72 Å². The van der Waals surface area contributed by atoms with E-state index in [1.165, 1.54) is 19.1 Å². The van der Waals surface area contributed by atoms with Crippen LogP contribution < -0.4 is 15.2 Å². The van der Waals surface area contributed by atoms with E-state index in [4.69, 9.17) is 10.5 Å². The summed E-state index contributed by atoms with van der Waals surface area (Å²) in [4.78, 5) is 25.4. The van der Waals surface area contributed by atoms with Gasteiger partial charge in [-0.05, 0) is 57.4 Å².